The second kappa shape index (κ2) is 6.39. The van der Waals surface area contributed by atoms with Crippen LogP contribution in [0.25, 0.3) is 0 Å². The van der Waals surface area contributed by atoms with Gasteiger partial charge in [-0.05, 0) is 25.4 Å². The molecule has 0 saturated carbocycles. The first kappa shape index (κ1) is 14.5. The maximum atomic E-state index is 10.6. The van der Waals surface area contributed by atoms with E-state index in [0.29, 0.717) is 5.95 Å². The van der Waals surface area contributed by atoms with Crippen LogP contribution in [0.2, 0.25) is 0 Å². The second-order valence-corrected chi connectivity index (χ2v) is 4.92. The smallest absolute Gasteiger partial charge is 0.329 e. The molecule has 0 amide bonds. The molecule has 0 spiro atoms. The standard InChI is InChI=1S/C10H17N5O2S/c1-7(4-5-18-3)14(2)10-12-6-8(15(16)17)9(11)13-10/h6-7H,4-5H2,1-3H3,(H2,11,12,13)/t7-/m1/s1. The van der Waals surface area contributed by atoms with Crippen molar-refractivity contribution < 1.29 is 4.92 Å². The molecule has 0 aromatic carbocycles. The molecule has 0 saturated heterocycles. The van der Waals surface area contributed by atoms with E-state index in [1.54, 1.807) is 11.8 Å². The molecule has 1 aromatic heterocycles. The highest BCUT2D eigenvalue weighted by atomic mass is 32.2. The number of anilines is 2. The van der Waals surface area contributed by atoms with E-state index in [-0.39, 0.29) is 17.5 Å². The van der Waals surface area contributed by atoms with Gasteiger partial charge in [0.2, 0.25) is 11.8 Å². The van der Waals surface area contributed by atoms with Crippen LogP contribution in [0, 0.1) is 10.1 Å². The van der Waals surface area contributed by atoms with E-state index in [9.17, 15) is 10.1 Å². The Hall–Kier alpha value is -1.57. The van der Waals surface area contributed by atoms with Gasteiger partial charge in [-0.1, -0.05) is 0 Å². The van der Waals surface area contributed by atoms with Gasteiger partial charge in [0.05, 0.1) is 4.92 Å². The van der Waals surface area contributed by atoms with Gasteiger partial charge in [0, 0.05) is 13.1 Å². The van der Waals surface area contributed by atoms with E-state index in [4.69, 9.17) is 5.73 Å². The quantitative estimate of drug-likeness (QED) is 0.619. The van der Waals surface area contributed by atoms with Gasteiger partial charge < -0.3 is 10.6 Å². The van der Waals surface area contributed by atoms with Gasteiger partial charge in [-0.2, -0.15) is 16.7 Å². The van der Waals surface area contributed by atoms with Crippen molar-refractivity contribution in [1.82, 2.24) is 9.97 Å². The predicted octanol–water partition coefficient (Wildman–Crippen LogP) is 1.54. The molecule has 1 atom stereocenters. The van der Waals surface area contributed by atoms with E-state index >= 15 is 0 Å². The Morgan fingerprint density at radius 3 is 2.83 bits per heavy atom. The van der Waals surface area contributed by atoms with Crippen molar-refractivity contribution in [2.75, 3.05) is 29.7 Å². The van der Waals surface area contributed by atoms with E-state index in [0.717, 1.165) is 18.4 Å². The largest absolute Gasteiger partial charge is 0.378 e. The number of rotatable bonds is 6. The van der Waals surface area contributed by atoms with Crippen molar-refractivity contribution in [2.45, 2.75) is 19.4 Å². The fourth-order valence-electron chi connectivity index (χ4n) is 1.37. The molecule has 0 aliphatic rings. The Morgan fingerprint density at radius 1 is 1.67 bits per heavy atom. The Labute approximate surface area is 110 Å². The number of hydrogen-bond acceptors (Lipinski definition) is 7. The van der Waals surface area contributed by atoms with Gasteiger partial charge in [0.1, 0.15) is 6.20 Å². The lowest BCUT2D eigenvalue weighted by Crippen LogP contribution is -2.31. The summed E-state index contributed by atoms with van der Waals surface area (Å²) in [7, 11) is 1.85. The first-order chi connectivity index (χ1) is 8.47. The molecule has 8 heteroatoms. The van der Waals surface area contributed by atoms with Crippen LogP contribution < -0.4 is 10.6 Å². The summed E-state index contributed by atoms with van der Waals surface area (Å²) < 4.78 is 0. The van der Waals surface area contributed by atoms with Gasteiger partial charge in [0.15, 0.2) is 0 Å². The van der Waals surface area contributed by atoms with Crippen LogP contribution in [0.3, 0.4) is 0 Å². The predicted molar refractivity (Wildman–Crippen MR) is 74.0 cm³/mol. The molecule has 18 heavy (non-hydrogen) atoms. The fraction of sp³-hybridized carbons (Fsp3) is 0.600. The first-order valence-corrected chi connectivity index (χ1v) is 6.85. The van der Waals surface area contributed by atoms with Crippen molar-refractivity contribution >= 4 is 29.2 Å². The minimum atomic E-state index is -0.587. The molecular formula is C10H17N5O2S. The lowest BCUT2D eigenvalue weighted by Gasteiger charge is -2.24. The molecule has 2 N–H and O–H groups in total. The lowest BCUT2D eigenvalue weighted by atomic mass is 10.2. The summed E-state index contributed by atoms with van der Waals surface area (Å²) in [4.78, 5) is 19.8. The zero-order valence-electron chi connectivity index (χ0n) is 10.7. The molecule has 0 bridgehead atoms. The van der Waals surface area contributed by atoms with Crippen molar-refractivity contribution in [1.29, 1.82) is 0 Å². The molecule has 0 aliphatic carbocycles. The first-order valence-electron chi connectivity index (χ1n) is 5.46. The summed E-state index contributed by atoms with van der Waals surface area (Å²) in [6, 6.07) is 0.248. The molecule has 0 aliphatic heterocycles. The number of hydrogen-bond donors (Lipinski definition) is 1. The molecule has 7 nitrogen and oxygen atoms in total. The van der Waals surface area contributed by atoms with Crippen LogP contribution in [0.4, 0.5) is 17.5 Å². The molecule has 0 fully saturated rings. The number of nitrogen functional groups attached to an aromatic ring is 1. The van der Waals surface area contributed by atoms with Crippen molar-refractivity contribution in [2.24, 2.45) is 0 Å². The zero-order chi connectivity index (χ0) is 13.7. The molecule has 100 valence electrons. The van der Waals surface area contributed by atoms with E-state index in [1.807, 2.05) is 18.2 Å². The highest BCUT2D eigenvalue weighted by Crippen LogP contribution is 2.21. The van der Waals surface area contributed by atoms with Gasteiger partial charge in [0.25, 0.3) is 0 Å². The van der Waals surface area contributed by atoms with E-state index < -0.39 is 4.92 Å². The average molecular weight is 271 g/mol. The van der Waals surface area contributed by atoms with Crippen molar-refractivity contribution in [3.05, 3.63) is 16.3 Å². The SMILES string of the molecule is CSCC[C@@H](C)N(C)c1ncc([N+](=O)[O-])c(N)n1. The topological polar surface area (TPSA) is 98.2 Å². The molecule has 1 rings (SSSR count). The lowest BCUT2D eigenvalue weighted by molar-refractivity contribution is -0.384. The third-order valence-electron chi connectivity index (χ3n) is 2.70. The average Bonchev–Trinajstić information content (AvgIpc) is 2.34. The summed E-state index contributed by atoms with van der Waals surface area (Å²) in [5.41, 5.74) is 5.28. The molecular weight excluding hydrogens is 254 g/mol. The summed E-state index contributed by atoms with van der Waals surface area (Å²) in [6.45, 7) is 2.05. The monoisotopic (exact) mass is 271 g/mol. The van der Waals surface area contributed by atoms with E-state index in [2.05, 4.69) is 16.9 Å². The third kappa shape index (κ3) is 3.46. The zero-order valence-corrected chi connectivity index (χ0v) is 11.5. The molecule has 1 aromatic rings. The Kier molecular flexibility index (Phi) is 5.14. The number of thioether (sulfide) groups is 1. The highest BCUT2D eigenvalue weighted by Gasteiger charge is 2.18. The summed E-state index contributed by atoms with van der Waals surface area (Å²) in [5.74, 6) is 1.34. The minimum Gasteiger partial charge on any atom is -0.378 e. The van der Waals surface area contributed by atoms with Crippen molar-refractivity contribution in [3.8, 4) is 0 Å². The molecule has 0 radical (unpaired) electrons. The summed E-state index contributed by atoms with van der Waals surface area (Å²) in [5, 5.41) is 10.6. The van der Waals surface area contributed by atoms with Crippen LogP contribution in [0.5, 0.6) is 0 Å². The van der Waals surface area contributed by atoms with Crippen LogP contribution in [0.15, 0.2) is 6.20 Å². The van der Waals surface area contributed by atoms with E-state index in [1.165, 1.54) is 0 Å². The van der Waals surface area contributed by atoms with Crippen LogP contribution >= 0.6 is 11.8 Å². The van der Waals surface area contributed by atoms with Gasteiger partial charge in [-0.25, -0.2) is 4.98 Å². The maximum Gasteiger partial charge on any atom is 0.329 e. The Morgan fingerprint density at radius 2 is 2.33 bits per heavy atom. The highest BCUT2D eigenvalue weighted by molar-refractivity contribution is 7.98. The summed E-state index contributed by atoms with van der Waals surface area (Å²) >= 11 is 1.77. The fourth-order valence-corrected chi connectivity index (χ4v) is 1.95. The van der Waals surface area contributed by atoms with Gasteiger partial charge in [-0.3, -0.25) is 10.1 Å². The third-order valence-corrected chi connectivity index (χ3v) is 3.34. The Balaban J connectivity index is 2.83. The maximum absolute atomic E-state index is 10.6. The van der Waals surface area contributed by atoms with Crippen LogP contribution in [-0.4, -0.2) is 40.0 Å². The normalized spacial score (nSPS) is 12.2. The number of nitro groups is 1. The second-order valence-electron chi connectivity index (χ2n) is 3.94. The van der Waals surface area contributed by atoms with Crippen LogP contribution in [-0.2, 0) is 0 Å². The van der Waals surface area contributed by atoms with Crippen molar-refractivity contribution in [3.63, 3.8) is 0 Å². The van der Waals surface area contributed by atoms with Gasteiger partial charge in [-0.15, -0.1) is 0 Å². The molecule has 0 unspecified atom stereocenters. The van der Waals surface area contributed by atoms with Gasteiger partial charge >= 0.3 is 5.69 Å². The molecule has 1 heterocycles. The Bertz CT molecular complexity index is 429. The number of nitrogens with two attached hydrogens (primary N) is 1. The number of nitrogens with zero attached hydrogens (tertiary/aromatic N) is 4. The minimum absolute atomic E-state index is 0.103. The summed E-state index contributed by atoms with van der Waals surface area (Å²) in [6.07, 6.45) is 4.18. The van der Waals surface area contributed by atoms with Crippen LogP contribution in [0.1, 0.15) is 13.3 Å². The number of aromatic nitrogens is 2.